The van der Waals surface area contributed by atoms with E-state index in [1.165, 1.54) is 10.9 Å². The third-order valence-corrected chi connectivity index (χ3v) is 6.35. The average Bonchev–Trinajstić information content (AvgIpc) is 3.13. The van der Waals surface area contributed by atoms with Crippen molar-refractivity contribution in [3.63, 3.8) is 0 Å². The molecule has 152 valence electrons. The standard InChI is InChI=1S/C24H28N2O3/c1-14-15(2)22-18(16(3)21(14)27)9-11-24(4,29-22)23(28)25-12-10-17-13-26-20-8-6-5-7-19(17)20/h5-8,13,26-27H,9-12H2,1-4H3,(H,25,28). The number of amides is 1. The van der Waals surface area contributed by atoms with Crippen molar-refractivity contribution in [1.29, 1.82) is 0 Å². The van der Waals surface area contributed by atoms with Crippen LogP contribution in [-0.2, 0) is 17.6 Å². The van der Waals surface area contributed by atoms with E-state index in [1.807, 2.05) is 46.0 Å². The van der Waals surface area contributed by atoms with Gasteiger partial charge in [0.1, 0.15) is 11.5 Å². The van der Waals surface area contributed by atoms with E-state index in [2.05, 4.69) is 22.4 Å². The van der Waals surface area contributed by atoms with Crippen molar-refractivity contribution in [2.45, 2.75) is 52.6 Å². The number of H-pyrrole nitrogens is 1. The Morgan fingerprint density at radius 1 is 1.21 bits per heavy atom. The molecule has 1 aliphatic heterocycles. The molecule has 1 atom stereocenters. The summed E-state index contributed by atoms with van der Waals surface area (Å²) in [5.74, 6) is 0.987. The number of carbonyl (C=O) groups excluding carboxylic acids is 1. The molecule has 1 aromatic heterocycles. The molecule has 5 nitrogen and oxygen atoms in total. The minimum atomic E-state index is -0.909. The van der Waals surface area contributed by atoms with Crippen molar-refractivity contribution < 1.29 is 14.6 Å². The smallest absolute Gasteiger partial charge is 0.263 e. The number of ether oxygens (including phenoxy) is 1. The monoisotopic (exact) mass is 392 g/mol. The number of carbonyl (C=O) groups is 1. The van der Waals surface area contributed by atoms with Crippen LogP contribution >= 0.6 is 0 Å². The zero-order valence-corrected chi connectivity index (χ0v) is 17.5. The van der Waals surface area contributed by atoms with Gasteiger partial charge in [-0.2, -0.15) is 0 Å². The number of aromatic nitrogens is 1. The van der Waals surface area contributed by atoms with Crippen LogP contribution in [0.3, 0.4) is 0 Å². The number of rotatable bonds is 4. The molecule has 2 heterocycles. The number of benzene rings is 2. The summed E-state index contributed by atoms with van der Waals surface area (Å²) < 4.78 is 6.26. The number of nitrogens with one attached hydrogen (secondary N) is 2. The molecule has 0 radical (unpaired) electrons. The Labute approximate surface area is 171 Å². The number of para-hydroxylation sites is 1. The molecular weight excluding hydrogens is 364 g/mol. The van der Waals surface area contributed by atoms with Crippen molar-refractivity contribution in [2.75, 3.05) is 6.54 Å². The van der Waals surface area contributed by atoms with E-state index < -0.39 is 5.60 Å². The molecule has 1 amide bonds. The highest BCUT2D eigenvalue weighted by atomic mass is 16.5. The maximum absolute atomic E-state index is 13.0. The number of hydrogen-bond donors (Lipinski definition) is 3. The number of phenols is 1. The molecule has 0 aliphatic carbocycles. The lowest BCUT2D eigenvalue weighted by Gasteiger charge is -2.36. The van der Waals surface area contributed by atoms with Crippen molar-refractivity contribution >= 4 is 16.8 Å². The molecule has 29 heavy (non-hydrogen) atoms. The van der Waals surface area contributed by atoms with Gasteiger partial charge in [-0.15, -0.1) is 0 Å². The van der Waals surface area contributed by atoms with Crippen LogP contribution in [0.2, 0.25) is 0 Å². The topological polar surface area (TPSA) is 74.4 Å². The Balaban J connectivity index is 1.47. The van der Waals surface area contributed by atoms with Crippen molar-refractivity contribution in [3.05, 3.63) is 58.3 Å². The molecule has 0 bridgehead atoms. The quantitative estimate of drug-likeness (QED) is 0.622. The van der Waals surface area contributed by atoms with Crippen LogP contribution in [0.5, 0.6) is 11.5 Å². The maximum atomic E-state index is 13.0. The molecule has 5 heteroatoms. The Bertz CT molecular complexity index is 1100. The zero-order valence-electron chi connectivity index (χ0n) is 17.5. The normalized spacial score (nSPS) is 18.3. The van der Waals surface area contributed by atoms with E-state index in [4.69, 9.17) is 4.74 Å². The second kappa shape index (κ2) is 7.14. The first-order valence-electron chi connectivity index (χ1n) is 10.2. The van der Waals surface area contributed by atoms with Crippen molar-refractivity contribution in [3.8, 4) is 11.5 Å². The molecule has 0 saturated heterocycles. The molecule has 4 rings (SSSR count). The highest BCUT2D eigenvalue weighted by Gasteiger charge is 2.40. The number of hydrogen-bond acceptors (Lipinski definition) is 3. The van der Waals surface area contributed by atoms with Gasteiger partial charge in [0.2, 0.25) is 0 Å². The first kappa shape index (κ1) is 19.4. The lowest BCUT2D eigenvalue weighted by atomic mass is 9.86. The number of fused-ring (bicyclic) bond motifs is 2. The van der Waals surface area contributed by atoms with E-state index >= 15 is 0 Å². The fourth-order valence-corrected chi connectivity index (χ4v) is 4.24. The summed E-state index contributed by atoms with van der Waals surface area (Å²) in [5, 5.41) is 14.6. The van der Waals surface area contributed by atoms with Gasteiger partial charge >= 0.3 is 0 Å². The van der Waals surface area contributed by atoms with Crippen LogP contribution in [0.25, 0.3) is 10.9 Å². The predicted molar refractivity (Wildman–Crippen MR) is 115 cm³/mol. The first-order chi connectivity index (χ1) is 13.8. The van der Waals surface area contributed by atoms with Crippen LogP contribution in [0.4, 0.5) is 0 Å². The summed E-state index contributed by atoms with van der Waals surface area (Å²) in [6.45, 7) is 8.14. The zero-order chi connectivity index (χ0) is 20.8. The Kier molecular flexibility index (Phi) is 4.77. The van der Waals surface area contributed by atoms with Crippen LogP contribution in [0.15, 0.2) is 30.5 Å². The SMILES string of the molecule is Cc1c(C)c2c(c(C)c1O)CCC(C)(C(=O)NCCc1c[nH]c3ccccc13)O2. The second-order valence-corrected chi connectivity index (χ2v) is 8.23. The lowest BCUT2D eigenvalue weighted by Crippen LogP contribution is -2.51. The Morgan fingerprint density at radius 2 is 1.97 bits per heavy atom. The molecule has 2 aromatic carbocycles. The molecule has 0 fully saturated rings. The van der Waals surface area contributed by atoms with E-state index in [-0.39, 0.29) is 5.91 Å². The van der Waals surface area contributed by atoms with Gasteiger partial charge in [0, 0.05) is 35.6 Å². The van der Waals surface area contributed by atoms with Gasteiger partial charge in [0.25, 0.3) is 5.91 Å². The molecule has 0 spiro atoms. The molecule has 3 N–H and O–H groups in total. The van der Waals surface area contributed by atoms with Crippen molar-refractivity contribution in [1.82, 2.24) is 10.3 Å². The third-order valence-electron chi connectivity index (χ3n) is 6.35. The van der Waals surface area contributed by atoms with Gasteiger partial charge in [-0.1, -0.05) is 18.2 Å². The fourth-order valence-electron chi connectivity index (χ4n) is 4.24. The highest BCUT2D eigenvalue weighted by molar-refractivity contribution is 5.86. The third kappa shape index (κ3) is 3.24. The van der Waals surface area contributed by atoms with Crippen LogP contribution in [0.1, 0.15) is 41.2 Å². The molecular formula is C24H28N2O3. The van der Waals surface area contributed by atoms with Gasteiger partial charge in [-0.05, 0) is 68.9 Å². The van der Waals surface area contributed by atoms with E-state index in [0.717, 1.165) is 39.9 Å². The molecule has 0 saturated carbocycles. The van der Waals surface area contributed by atoms with E-state index in [9.17, 15) is 9.90 Å². The molecule has 3 aromatic rings. The first-order valence-corrected chi connectivity index (χ1v) is 10.2. The summed E-state index contributed by atoms with van der Waals surface area (Å²) in [6.07, 6.45) is 4.06. The predicted octanol–water partition coefficient (Wildman–Crippen LogP) is 4.24. The summed E-state index contributed by atoms with van der Waals surface area (Å²) in [6, 6.07) is 8.18. The fraction of sp³-hybridized carbons (Fsp3) is 0.375. The van der Waals surface area contributed by atoms with Crippen LogP contribution in [-0.4, -0.2) is 28.1 Å². The van der Waals surface area contributed by atoms with Crippen molar-refractivity contribution in [2.24, 2.45) is 0 Å². The number of phenolic OH excluding ortho intramolecular Hbond substituents is 1. The van der Waals surface area contributed by atoms with Crippen LogP contribution in [0, 0.1) is 20.8 Å². The Morgan fingerprint density at radius 3 is 2.76 bits per heavy atom. The van der Waals surface area contributed by atoms with Gasteiger partial charge in [0.15, 0.2) is 5.60 Å². The van der Waals surface area contributed by atoms with E-state index in [0.29, 0.717) is 25.1 Å². The summed E-state index contributed by atoms with van der Waals surface area (Å²) in [7, 11) is 0. The molecule has 1 unspecified atom stereocenters. The van der Waals surface area contributed by atoms with Gasteiger partial charge in [-0.3, -0.25) is 4.79 Å². The van der Waals surface area contributed by atoms with Crippen LogP contribution < -0.4 is 10.1 Å². The summed E-state index contributed by atoms with van der Waals surface area (Å²) in [5.41, 5.74) is 4.97. The molecule has 1 aliphatic rings. The van der Waals surface area contributed by atoms with E-state index in [1.54, 1.807) is 0 Å². The minimum absolute atomic E-state index is 0.0919. The second-order valence-electron chi connectivity index (χ2n) is 8.23. The Hall–Kier alpha value is -2.95. The highest BCUT2D eigenvalue weighted by Crippen LogP contribution is 2.43. The van der Waals surface area contributed by atoms with Gasteiger partial charge < -0.3 is 20.1 Å². The van der Waals surface area contributed by atoms with Gasteiger partial charge in [-0.25, -0.2) is 0 Å². The minimum Gasteiger partial charge on any atom is -0.507 e. The summed E-state index contributed by atoms with van der Waals surface area (Å²) in [4.78, 5) is 16.2. The summed E-state index contributed by atoms with van der Waals surface area (Å²) >= 11 is 0. The average molecular weight is 392 g/mol. The number of aromatic amines is 1. The lowest BCUT2D eigenvalue weighted by molar-refractivity contribution is -0.136. The maximum Gasteiger partial charge on any atom is 0.263 e. The van der Waals surface area contributed by atoms with Gasteiger partial charge in [0.05, 0.1) is 0 Å². The number of aromatic hydroxyl groups is 1. The largest absolute Gasteiger partial charge is 0.507 e.